The fraction of sp³-hybridized carbons (Fsp3) is 0.600. The van der Waals surface area contributed by atoms with E-state index in [2.05, 4.69) is 9.88 Å². The number of fused-ring (bicyclic) bond motifs is 1. The topological polar surface area (TPSA) is 45.7 Å². The lowest BCUT2D eigenvalue weighted by Crippen LogP contribution is -2.59. The van der Waals surface area contributed by atoms with Gasteiger partial charge in [0, 0.05) is 25.8 Å². The summed E-state index contributed by atoms with van der Waals surface area (Å²) in [7, 11) is 1.94. The largest absolute Gasteiger partial charge is 0.418 e. The summed E-state index contributed by atoms with van der Waals surface area (Å²) in [5, 5.41) is 0. The van der Waals surface area contributed by atoms with Gasteiger partial charge < -0.3 is 9.64 Å². The van der Waals surface area contributed by atoms with Gasteiger partial charge in [-0.05, 0) is 25.6 Å². The number of carbonyl (C=O) groups excluding carboxylic acids is 1. The van der Waals surface area contributed by atoms with Gasteiger partial charge >= 0.3 is 6.18 Å². The first-order valence-corrected chi connectivity index (χ1v) is 7.51. The number of hydrogen-bond acceptors (Lipinski definition) is 4. The summed E-state index contributed by atoms with van der Waals surface area (Å²) in [5.41, 5.74) is -1.52. The van der Waals surface area contributed by atoms with Gasteiger partial charge in [0.05, 0.1) is 24.3 Å². The van der Waals surface area contributed by atoms with Crippen LogP contribution in [0, 0.1) is 0 Å². The fourth-order valence-corrected chi connectivity index (χ4v) is 3.18. The van der Waals surface area contributed by atoms with Gasteiger partial charge in [-0.2, -0.15) is 13.2 Å². The van der Waals surface area contributed by atoms with Crippen molar-refractivity contribution in [3.63, 3.8) is 0 Å². The lowest BCUT2D eigenvalue weighted by atomic mass is 9.98. The third-order valence-electron chi connectivity index (χ3n) is 4.47. The number of piperidine rings is 1. The number of likely N-dealkylation sites (N-methyl/N-ethyl adjacent to an activating group) is 1. The first-order valence-electron chi connectivity index (χ1n) is 7.51. The zero-order valence-electron chi connectivity index (χ0n) is 12.7. The number of hydrogen-bond donors (Lipinski definition) is 0. The molecule has 2 saturated heterocycles. The Morgan fingerprint density at radius 1 is 1.39 bits per heavy atom. The van der Waals surface area contributed by atoms with E-state index in [0.717, 1.165) is 12.6 Å². The predicted molar refractivity (Wildman–Crippen MR) is 75.9 cm³/mol. The number of carbonyl (C=O) groups is 1. The molecule has 2 aliphatic heterocycles. The smallest absolute Gasteiger partial charge is 0.375 e. The number of alkyl halides is 3. The molecule has 0 aromatic carbocycles. The van der Waals surface area contributed by atoms with E-state index in [9.17, 15) is 18.0 Å². The minimum Gasteiger partial charge on any atom is -0.375 e. The molecule has 1 aromatic heterocycles. The zero-order valence-corrected chi connectivity index (χ0v) is 12.7. The number of rotatable bonds is 1. The number of morpholine rings is 1. The molecule has 2 aliphatic rings. The highest BCUT2D eigenvalue weighted by atomic mass is 19.4. The van der Waals surface area contributed by atoms with Crippen LogP contribution in [0.5, 0.6) is 0 Å². The van der Waals surface area contributed by atoms with Crippen LogP contribution in [-0.4, -0.2) is 66.1 Å². The van der Waals surface area contributed by atoms with Crippen molar-refractivity contribution in [3.8, 4) is 0 Å². The van der Waals surface area contributed by atoms with Crippen molar-refractivity contribution in [2.75, 3.05) is 33.3 Å². The maximum atomic E-state index is 13.1. The third kappa shape index (κ3) is 3.18. The van der Waals surface area contributed by atoms with Crippen LogP contribution in [0.25, 0.3) is 0 Å². The first-order chi connectivity index (χ1) is 10.9. The van der Waals surface area contributed by atoms with Gasteiger partial charge in [-0.15, -0.1) is 0 Å². The number of aromatic nitrogens is 1. The molecule has 0 spiro atoms. The van der Waals surface area contributed by atoms with Gasteiger partial charge in [-0.25, -0.2) is 0 Å². The molecule has 126 valence electrons. The van der Waals surface area contributed by atoms with Gasteiger partial charge in [0.25, 0.3) is 5.91 Å². The maximum absolute atomic E-state index is 13.1. The van der Waals surface area contributed by atoms with Crippen LogP contribution < -0.4 is 0 Å². The zero-order chi connectivity index (χ0) is 16.6. The molecule has 2 unspecified atom stereocenters. The number of likely N-dealkylation sites (tertiary alicyclic amines) is 1. The minimum absolute atomic E-state index is 0.0134. The Kier molecular flexibility index (Phi) is 4.29. The summed E-state index contributed by atoms with van der Waals surface area (Å²) in [6.45, 7) is 2.13. The lowest BCUT2D eigenvalue weighted by molar-refractivity contribution is -0.138. The first kappa shape index (κ1) is 16.2. The predicted octanol–water partition coefficient (Wildman–Crippen LogP) is 1.65. The van der Waals surface area contributed by atoms with E-state index < -0.39 is 23.3 Å². The molecule has 2 fully saturated rings. The van der Waals surface area contributed by atoms with E-state index in [4.69, 9.17) is 4.74 Å². The summed E-state index contributed by atoms with van der Waals surface area (Å²) in [4.78, 5) is 19.8. The Labute approximate surface area is 132 Å². The maximum Gasteiger partial charge on any atom is 0.418 e. The molecule has 8 heteroatoms. The minimum atomic E-state index is -4.59. The molecule has 1 amide bonds. The highest BCUT2D eigenvalue weighted by Gasteiger charge is 2.40. The standard InChI is InChI=1S/C15H18F3N3O2/c1-20-7-8-23-12-4-6-21(9-11(12)20)14(22)13-10(15(16,17)18)3-2-5-19-13/h2-3,5,11-12H,4,6-9H2,1H3. The van der Waals surface area contributed by atoms with E-state index in [1.54, 1.807) is 0 Å². The van der Waals surface area contributed by atoms with Crippen molar-refractivity contribution >= 4 is 5.91 Å². The summed E-state index contributed by atoms with van der Waals surface area (Å²) < 4.78 is 44.9. The van der Waals surface area contributed by atoms with Crippen LogP contribution in [0.15, 0.2) is 18.3 Å². The van der Waals surface area contributed by atoms with Crippen LogP contribution in [0.2, 0.25) is 0 Å². The molecule has 0 bridgehead atoms. The van der Waals surface area contributed by atoms with Crippen LogP contribution in [-0.2, 0) is 10.9 Å². The molecule has 0 radical (unpaired) electrons. The van der Waals surface area contributed by atoms with Gasteiger partial charge in [0.15, 0.2) is 0 Å². The Hall–Kier alpha value is -1.67. The highest BCUT2D eigenvalue weighted by Crippen LogP contribution is 2.32. The van der Waals surface area contributed by atoms with Crippen molar-refractivity contribution < 1.29 is 22.7 Å². The van der Waals surface area contributed by atoms with Crippen LogP contribution in [0.1, 0.15) is 22.5 Å². The van der Waals surface area contributed by atoms with E-state index in [-0.39, 0.29) is 12.1 Å². The number of ether oxygens (including phenoxy) is 1. The summed E-state index contributed by atoms with van der Waals surface area (Å²) in [6, 6.07) is 2.09. The average Bonchev–Trinajstić information content (AvgIpc) is 2.53. The van der Waals surface area contributed by atoms with Gasteiger partial charge in [-0.3, -0.25) is 14.7 Å². The molecule has 5 nitrogen and oxygen atoms in total. The second-order valence-electron chi connectivity index (χ2n) is 5.89. The Morgan fingerprint density at radius 2 is 2.17 bits per heavy atom. The summed E-state index contributed by atoms with van der Waals surface area (Å²) >= 11 is 0. The average molecular weight is 329 g/mol. The van der Waals surface area contributed by atoms with Crippen LogP contribution in [0.4, 0.5) is 13.2 Å². The molecule has 0 N–H and O–H groups in total. The van der Waals surface area contributed by atoms with Crippen LogP contribution in [0.3, 0.4) is 0 Å². The molecule has 1 aromatic rings. The molecular formula is C15H18F3N3O2. The third-order valence-corrected chi connectivity index (χ3v) is 4.47. The quantitative estimate of drug-likeness (QED) is 0.786. The SMILES string of the molecule is CN1CCOC2CCN(C(=O)c3ncccc3C(F)(F)F)CC21. The van der Waals surface area contributed by atoms with E-state index >= 15 is 0 Å². The Bertz CT molecular complexity index is 594. The van der Waals surface area contributed by atoms with Crippen molar-refractivity contribution in [2.45, 2.75) is 24.7 Å². The van der Waals surface area contributed by atoms with Crippen LogP contribution >= 0.6 is 0 Å². The summed E-state index contributed by atoms with van der Waals surface area (Å²) in [6.07, 6.45) is -2.73. The summed E-state index contributed by atoms with van der Waals surface area (Å²) in [5.74, 6) is -0.671. The Balaban J connectivity index is 1.82. The van der Waals surface area contributed by atoms with E-state index in [0.29, 0.717) is 26.1 Å². The molecule has 23 heavy (non-hydrogen) atoms. The molecule has 3 heterocycles. The van der Waals surface area contributed by atoms with E-state index in [1.165, 1.54) is 17.2 Å². The van der Waals surface area contributed by atoms with Crippen molar-refractivity contribution in [3.05, 3.63) is 29.6 Å². The van der Waals surface area contributed by atoms with Gasteiger partial charge in [-0.1, -0.05) is 0 Å². The fourth-order valence-electron chi connectivity index (χ4n) is 3.18. The van der Waals surface area contributed by atoms with Gasteiger partial charge in [0.2, 0.25) is 0 Å². The number of halogens is 3. The monoisotopic (exact) mass is 329 g/mol. The van der Waals surface area contributed by atoms with Crippen molar-refractivity contribution in [1.29, 1.82) is 0 Å². The lowest BCUT2D eigenvalue weighted by Gasteiger charge is -2.45. The van der Waals surface area contributed by atoms with Gasteiger partial charge in [0.1, 0.15) is 5.69 Å². The number of pyridine rings is 1. The number of amides is 1. The Morgan fingerprint density at radius 3 is 2.91 bits per heavy atom. The number of nitrogens with zero attached hydrogens (tertiary/aromatic N) is 3. The molecule has 0 saturated carbocycles. The van der Waals surface area contributed by atoms with E-state index in [1.807, 2.05) is 7.05 Å². The molecular weight excluding hydrogens is 311 g/mol. The molecule has 2 atom stereocenters. The molecule has 3 rings (SSSR count). The van der Waals surface area contributed by atoms with Crippen molar-refractivity contribution in [2.24, 2.45) is 0 Å². The second kappa shape index (κ2) is 6.09. The highest BCUT2D eigenvalue weighted by molar-refractivity contribution is 5.94. The molecule has 0 aliphatic carbocycles. The second-order valence-corrected chi connectivity index (χ2v) is 5.89. The van der Waals surface area contributed by atoms with Crippen molar-refractivity contribution in [1.82, 2.24) is 14.8 Å². The normalized spacial score (nSPS) is 26.0.